The number of carbonyl (C=O) groups is 2. The third-order valence-electron chi connectivity index (χ3n) is 2.66. The number of amides is 1. The highest BCUT2D eigenvalue weighted by Gasteiger charge is 2.06. The number of aromatic nitrogens is 2. The number of imidazole rings is 1. The lowest BCUT2D eigenvalue weighted by Gasteiger charge is -2.05. The lowest BCUT2D eigenvalue weighted by Crippen LogP contribution is -2.28. The number of carboxylic acid groups (broad SMARTS) is 1. The molecule has 0 atom stereocenters. The summed E-state index contributed by atoms with van der Waals surface area (Å²) in [6, 6.07) is 9.70. The molecule has 110 valence electrons. The third-order valence-corrected chi connectivity index (χ3v) is 3.67. The number of aromatic carboxylic acids is 1. The fraction of sp³-hybridized carbons (Fsp3) is 0.214. The maximum atomic E-state index is 11.7. The molecule has 0 unspecified atom stereocenters. The number of nitrogens with zero attached hydrogens (tertiary/aromatic N) is 2. The molecule has 0 radical (unpaired) electrons. The minimum absolute atomic E-state index is 0.000889. The zero-order valence-electron chi connectivity index (χ0n) is 11.2. The van der Waals surface area contributed by atoms with Crippen LogP contribution in [0.25, 0.3) is 0 Å². The first-order valence-corrected chi connectivity index (χ1v) is 7.33. The molecule has 2 rings (SSSR count). The number of thioether (sulfide) groups is 1. The lowest BCUT2D eigenvalue weighted by molar-refractivity contribution is -0.118. The molecule has 0 aliphatic rings. The second-order valence-electron chi connectivity index (χ2n) is 4.25. The van der Waals surface area contributed by atoms with E-state index < -0.39 is 5.97 Å². The van der Waals surface area contributed by atoms with E-state index in [4.69, 9.17) is 5.11 Å². The monoisotopic (exact) mass is 305 g/mol. The second-order valence-corrected chi connectivity index (χ2v) is 5.30. The Labute approximate surface area is 126 Å². The molecule has 0 saturated carbocycles. The molecular formula is C14H15N3O3S. The van der Waals surface area contributed by atoms with Crippen molar-refractivity contribution < 1.29 is 14.7 Å². The molecule has 1 aromatic carbocycles. The van der Waals surface area contributed by atoms with Crippen molar-refractivity contribution in [3.05, 3.63) is 48.5 Å². The van der Waals surface area contributed by atoms with E-state index in [0.29, 0.717) is 18.8 Å². The predicted octanol–water partition coefficient (Wildman–Crippen LogP) is 1.49. The fourth-order valence-electron chi connectivity index (χ4n) is 1.63. The van der Waals surface area contributed by atoms with Gasteiger partial charge in [-0.2, -0.15) is 0 Å². The third kappa shape index (κ3) is 4.96. The van der Waals surface area contributed by atoms with Crippen molar-refractivity contribution in [2.75, 3.05) is 12.3 Å². The summed E-state index contributed by atoms with van der Waals surface area (Å²) in [6.45, 7) is 0.922. The molecule has 2 aromatic rings. The zero-order valence-corrected chi connectivity index (χ0v) is 12.0. The van der Waals surface area contributed by atoms with Gasteiger partial charge in [-0.15, -0.1) is 11.8 Å². The summed E-state index contributed by atoms with van der Waals surface area (Å²) in [6.07, 6.45) is 2.88. The smallest absolute Gasteiger partial charge is 0.356 e. The van der Waals surface area contributed by atoms with Crippen LogP contribution in [0.4, 0.5) is 0 Å². The fourth-order valence-corrected chi connectivity index (χ4v) is 2.38. The Kier molecular flexibility index (Phi) is 5.39. The Morgan fingerprint density at radius 1 is 1.29 bits per heavy atom. The second kappa shape index (κ2) is 7.49. The van der Waals surface area contributed by atoms with Gasteiger partial charge in [0.2, 0.25) is 5.91 Å². The van der Waals surface area contributed by atoms with E-state index >= 15 is 0 Å². The van der Waals surface area contributed by atoms with Gasteiger partial charge in [0.05, 0.1) is 12.1 Å². The number of rotatable bonds is 7. The van der Waals surface area contributed by atoms with Crippen LogP contribution in [0, 0.1) is 0 Å². The SMILES string of the molecule is O=C(CSc1ccccc1)NCCn1cnc(C(=O)O)c1. The standard InChI is InChI=1S/C14H15N3O3S/c18-13(9-21-11-4-2-1-3-5-11)15-6-7-17-8-12(14(19)20)16-10-17/h1-5,8,10H,6-7,9H2,(H,15,18)(H,19,20). The molecule has 0 spiro atoms. The van der Waals surface area contributed by atoms with E-state index in [1.807, 2.05) is 30.3 Å². The Morgan fingerprint density at radius 3 is 2.71 bits per heavy atom. The largest absolute Gasteiger partial charge is 0.476 e. The van der Waals surface area contributed by atoms with Crippen molar-refractivity contribution in [3.8, 4) is 0 Å². The van der Waals surface area contributed by atoms with E-state index in [0.717, 1.165) is 4.90 Å². The van der Waals surface area contributed by atoms with Gasteiger partial charge in [-0.25, -0.2) is 9.78 Å². The average Bonchev–Trinajstić information content (AvgIpc) is 2.95. The molecule has 0 aliphatic heterocycles. The molecule has 21 heavy (non-hydrogen) atoms. The maximum Gasteiger partial charge on any atom is 0.356 e. The van der Waals surface area contributed by atoms with Crippen LogP contribution in [0.3, 0.4) is 0 Å². The molecular weight excluding hydrogens is 290 g/mol. The van der Waals surface area contributed by atoms with E-state index in [1.54, 1.807) is 4.57 Å². The van der Waals surface area contributed by atoms with E-state index in [2.05, 4.69) is 10.3 Å². The van der Waals surface area contributed by atoms with Crippen LogP contribution in [0.15, 0.2) is 47.8 Å². The van der Waals surface area contributed by atoms with Gasteiger partial charge in [0.15, 0.2) is 5.69 Å². The zero-order chi connectivity index (χ0) is 15.1. The normalized spacial score (nSPS) is 10.3. The first-order chi connectivity index (χ1) is 10.1. The molecule has 1 amide bonds. The predicted molar refractivity (Wildman–Crippen MR) is 79.4 cm³/mol. The van der Waals surface area contributed by atoms with E-state index in [-0.39, 0.29) is 11.6 Å². The quantitative estimate of drug-likeness (QED) is 0.757. The van der Waals surface area contributed by atoms with Crippen LogP contribution in [-0.4, -0.2) is 38.8 Å². The number of carboxylic acids is 1. The number of benzene rings is 1. The summed E-state index contributed by atoms with van der Waals surface area (Å²) in [5, 5.41) is 11.5. The molecule has 1 aromatic heterocycles. The van der Waals surface area contributed by atoms with Gasteiger partial charge in [-0.3, -0.25) is 4.79 Å². The van der Waals surface area contributed by atoms with Crippen molar-refractivity contribution >= 4 is 23.6 Å². The first-order valence-electron chi connectivity index (χ1n) is 6.35. The minimum Gasteiger partial charge on any atom is -0.476 e. The average molecular weight is 305 g/mol. The van der Waals surface area contributed by atoms with Gasteiger partial charge in [-0.05, 0) is 12.1 Å². The Bertz CT molecular complexity index is 613. The molecule has 6 nitrogen and oxygen atoms in total. The number of hydrogen-bond acceptors (Lipinski definition) is 4. The molecule has 0 fully saturated rings. The van der Waals surface area contributed by atoms with Crippen LogP contribution in [0.5, 0.6) is 0 Å². The van der Waals surface area contributed by atoms with Gasteiger partial charge >= 0.3 is 5.97 Å². The Hall–Kier alpha value is -2.28. The highest BCUT2D eigenvalue weighted by atomic mass is 32.2. The summed E-state index contributed by atoms with van der Waals surface area (Å²) in [4.78, 5) is 27.1. The van der Waals surface area contributed by atoms with Gasteiger partial charge in [0.1, 0.15) is 0 Å². The van der Waals surface area contributed by atoms with Crippen LogP contribution < -0.4 is 5.32 Å². The van der Waals surface area contributed by atoms with Gasteiger partial charge in [0.25, 0.3) is 0 Å². The van der Waals surface area contributed by atoms with Gasteiger partial charge in [-0.1, -0.05) is 18.2 Å². The lowest BCUT2D eigenvalue weighted by atomic mass is 10.4. The first kappa shape index (κ1) is 15.1. The highest BCUT2D eigenvalue weighted by Crippen LogP contribution is 2.16. The molecule has 0 aliphatic carbocycles. The number of carbonyl (C=O) groups excluding carboxylic acids is 1. The Balaban J connectivity index is 1.68. The van der Waals surface area contributed by atoms with Crippen LogP contribution in [0.2, 0.25) is 0 Å². The Morgan fingerprint density at radius 2 is 2.05 bits per heavy atom. The molecule has 1 heterocycles. The highest BCUT2D eigenvalue weighted by molar-refractivity contribution is 8.00. The van der Waals surface area contributed by atoms with Gasteiger partial charge in [0, 0.05) is 24.2 Å². The summed E-state index contributed by atoms with van der Waals surface area (Å²) < 4.78 is 1.63. The van der Waals surface area contributed by atoms with Crippen molar-refractivity contribution in [1.29, 1.82) is 0 Å². The number of nitrogens with one attached hydrogen (secondary N) is 1. The summed E-state index contributed by atoms with van der Waals surface area (Å²) in [7, 11) is 0. The van der Waals surface area contributed by atoms with Crippen LogP contribution >= 0.6 is 11.8 Å². The molecule has 2 N–H and O–H groups in total. The van der Waals surface area contributed by atoms with Crippen LogP contribution in [0.1, 0.15) is 10.5 Å². The summed E-state index contributed by atoms with van der Waals surface area (Å²) in [5.74, 6) is -0.756. The van der Waals surface area contributed by atoms with Crippen molar-refractivity contribution in [2.24, 2.45) is 0 Å². The van der Waals surface area contributed by atoms with E-state index in [9.17, 15) is 9.59 Å². The molecule has 0 bridgehead atoms. The van der Waals surface area contributed by atoms with Gasteiger partial charge < -0.3 is 15.0 Å². The molecule has 7 heteroatoms. The summed E-state index contributed by atoms with van der Waals surface area (Å²) in [5.41, 5.74) is 0.000889. The van der Waals surface area contributed by atoms with Crippen molar-refractivity contribution in [2.45, 2.75) is 11.4 Å². The summed E-state index contributed by atoms with van der Waals surface area (Å²) >= 11 is 1.47. The van der Waals surface area contributed by atoms with Crippen LogP contribution in [-0.2, 0) is 11.3 Å². The topological polar surface area (TPSA) is 84.2 Å². The van der Waals surface area contributed by atoms with Crippen molar-refractivity contribution in [3.63, 3.8) is 0 Å². The minimum atomic E-state index is -1.06. The maximum absolute atomic E-state index is 11.7. The molecule has 0 saturated heterocycles. The van der Waals surface area contributed by atoms with E-state index in [1.165, 1.54) is 24.3 Å². The van der Waals surface area contributed by atoms with Crippen molar-refractivity contribution in [1.82, 2.24) is 14.9 Å². The number of hydrogen-bond donors (Lipinski definition) is 2.